The average molecular weight is 727 g/mol. The molecule has 0 N–H and O–H groups in total. The van der Waals surface area contributed by atoms with Crippen molar-refractivity contribution in [1.82, 2.24) is 0 Å². The zero-order chi connectivity index (χ0) is 37.8. The molecule has 0 aliphatic heterocycles. The molecule has 0 heterocycles. The van der Waals surface area contributed by atoms with E-state index in [1.54, 1.807) is 0 Å². The summed E-state index contributed by atoms with van der Waals surface area (Å²) in [5.41, 5.74) is 19.0. The number of fused-ring (bicyclic) bond motifs is 10. The van der Waals surface area contributed by atoms with Gasteiger partial charge in [-0.25, -0.2) is 0 Å². The van der Waals surface area contributed by atoms with E-state index in [2.05, 4.69) is 240 Å². The molecule has 9 aromatic carbocycles. The lowest BCUT2D eigenvalue weighted by Crippen LogP contribution is -2.25. The van der Waals surface area contributed by atoms with E-state index in [0.717, 1.165) is 39.7 Å². The SMILES string of the molecule is c1ccc(N(c2ccccc2)c2cc(-c3ccc4c(c3)C3(c5ccccc5-c5ccccc53)c3ccccc3-4)cc(N(c3ccccc3)c3ccccc3)c2)cc1. The van der Waals surface area contributed by atoms with Crippen LogP contribution in [-0.4, -0.2) is 0 Å². The molecule has 1 spiro atoms. The fraction of sp³-hybridized carbons (Fsp3) is 0.0182. The fourth-order valence-corrected chi connectivity index (χ4v) is 9.50. The van der Waals surface area contributed by atoms with Crippen LogP contribution in [0, 0.1) is 0 Å². The Labute approximate surface area is 334 Å². The van der Waals surface area contributed by atoms with Crippen LogP contribution in [0.4, 0.5) is 34.1 Å². The second-order valence-corrected chi connectivity index (χ2v) is 14.9. The van der Waals surface area contributed by atoms with Gasteiger partial charge in [-0.3, -0.25) is 0 Å². The van der Waals surface area contributed by atoms with E-state index in [1.807, 2.05) is 0 Å². The van der Waals surface area contributed by atoms with Crippen LogP contribution in [0.5, 0.6) is 0 Å². The van der Waals surface area contributed by atoms with Crippen LogP contribution in [-0.2, 0) is 5.41 Å². The van der Waals surface area contributed by atoms with Gasteiger partial charge in [0.05, 0.1) is 5.41 Å². The van der Waals surface area contributed by atoms with E-state index in [1.165, 1.54) is 50.1 Å². The highest BCUT2D eigenvalue weighted by Gasteiger charge is 2.51. The largest absolute Gasteiger partial charge is 0.310 e. The summed E-state index contributed by atoms with van der Waals surface area (Å²) in [5.74, 6) is 0. The van der Waals surface area contributed by atoms with Gasteiger partial charge >= 0.3 is 0 Å². The Bertz CT molecular complexity index is 2660. The average Bonchev–Trinajstić information content (AvgIpc) is 3.75. The van der Waals surface area contributed by atoms with Gasteiger partial charge in [0.15, 0.2) is 0 Å². The number of anilines is 6. The molecule has 268 valence electrons. The van der Waals surface area contributed by atoms with E-state index < -0.39 is 5.41 Å². The van der Waals surface area contributed by atoms with Crippen LogP contribution in [0.15, 0.2) is 231 Å². The maximum absolute atomic E-state index is 2.49. The first-order chi connectivity index (χ1) is 28.3. The molecular formula is C55H38N2. The third kappa shape index (κ3) is 5.18. The third-order valence-corrected chi connectivity index (χ3v) is 11.8. The summed E-state index contributed by atoms with van der Waals surface area (Å²) < 4.78 is 0. The predicted molar refractivity (Wildman–Crippen MR) is 238 cm³/mol. The van der Waals surface area contributed by atoms with E-state index in [9.17, 15) is 0 Å². The van der Waals surface area contributed by atoms with Gasteiger partial charge in [-0.2, -0.15) is 0 Å². The minimum Gasteiger partial charge on any atom is -0.310 e. The lowest BCUT2D eigenvalue weighted by Gasteiger charge is -2.31. The summed E-state index contributed by atoms with van der Waals surface area (Å²) >= 11 is 0. The molecule has 11 rings (SSSR count). The Morgan fingerprint density at radius 3 is 0.947 bits per heavy atom. The van der Waals surface area contributed by atoms with Gasteiger partial charge in [0, 0.05) is 34.1 Å². The van der Waals surface area contributed by atoms with E-state index in [-0.39, 0.29) is 0 Å². The van der Waals surface area contributed by atoms with Crippen molar-refractivity contribution in [3.05, 3.63) is 253 Å². The van der Waals surface area contributed by atoms with Crippen molar-refractivity contribution in [3.8, 4) is 33.4 Å². The van der Waals surface area contributed by atoms with Crippen LogP contribution in [0.3, 0.4) is 0 Å². The van der Waals surface area contributed by atoms with Gasteiger partial charge in [-0.15, -0.1) is 0 Å². The highest BCUT2D eigenvalue weighted by molar-refractivity contribution is 5.96. The molecule has 0 unspecified atom stereocenters. The lowest BCUT2D eigenvalue weighted by atomic mass is 9.70. The lowest BCUT2D eigenvalue weighted by molar-refractivity contribution is 0.794. The molecule has 0 fully saturated rings. The first-order valence-corrected chi connectivity index (χ1v) is 19.7. The number of hydrogen-bond donors (Lipinski definition) is 0. The van der Waals surface area contributed by atoms with E-state index in [0.29, 0.717) is 0 Å². The molecule has 9 aromatic rings. The number of hydrogen-bond acceptors (Lipinski definition) is 2. The van der Waals surface area contributed by atoms with Gasteiger partial charge in [0.25, 0.3) is 0 Å². The molecule has 2 aliphatic rings. The number of rotatable bonds is 7. The molecule has 0 bridgehead atoms. The summed E-state index contributed by atoms with van der Waals surface area (Å²) in [7, 11) is 0. The highest BCUT2D eigenvalue weighted by Crippen LogP contribution is 2.63. The summed E-state index contributed by atoms with van der Waals surface area (Å²) in [5, 5.41) is 0. The summed E-state index contributed by atoms with van der Waals surface area (Å²) in [6, 6.07) is 84.1. The topological polar surface area (TPSA) is 6.48 Å². The zero-order valence-corrected chi connectivity index (χ0v) is 31.3. The normalized spacial score (nSPS) is 12.7. The molecule has 0 atom stereocenters. The second kappa shape index (κ2) is 13.4. The minimum atomic E-state index is -0.421. The molecule has 0 saturated carbocycles. The van der Waals surface area contributed by atoms with Crippen LogP contribution < -0.4 is 9.80 Å². The Morgan fingerprint density at radius 2 is 0.561 bits per heavy atom. The molecule has 2 nitrogen and oxygen atoms in total. The van der Waals surface area contributed by atoms with Gasteiger partial charge in [0.2, 0.25) is 0 Å². The Kier molecular flexibility index (Phi) is 7.75. The quantitative estimate of drug-likeness (QED) is 0.161. The van der Waals surface area contributed by atoms with Crippen LogP contribution in [0.1, 0.15) is 22.3 Å². The predicted octanol–water partition coefficient (Wildman–Crippen LogP) is 14.6. The Morgan fingerprint density at radius 1 is 0.228 bits per heavy atom. The molecule has 57 heavy (non-hydrogen) atoms. The highest BCUT2D eigenvalue weighted by atomic mass is 15.2. The van der Waals surface area contributed by atoms with Crippen LogP contribution >= 0.6 is 0 Å². The van der Waals surface area contributed by atoms with Crippen molar-refractivity contribution in [2.45, 2.75) is 5.41 Å². The summed E-state index contributed by atoms with van der Waals surface area (Å²) in [6.07, 6.45) is 0. The minimum absolute atomic E-state index is 0.421. The first kappa shape index (κ1) is 33.0. The zero-order valence-electron chi connectivity index (χ0n) is 31.3. The molecule has 0 radical (unpaired) electrons. The van der Waals surface area contributed by atoms with Crippen molar-refractivity contribution >= 4 is 34.1 Å². The molecule has 0 amide bonds. The maximum atomic E-state index is 2.49. The standard InChI is InChI=1S/C55H38N2/c1-5-19-41(20-6-1)56(42-21-7-2-8-22-42)45-35-40(36-46(38-45)57(43-23-9-3-10-24-43)44-25-11-4-12-26-44)39-33-34-50-49-29-15-18-32-53(49)55(54(50)37-39)51-30-16-13-27-47(51)48-28-14-17-31-52(48)55/h1-38H. The summed E-state index contributed by atoms with van der Waals surface area (Å²) in [4.78, 5) is 4.74. The Balaban J connectivity index is 1.19. The third-order valence-electron chi connectivity index (χ3n) is 11.8. The van der Waals surface area contributed by atoms with Crippen LogP contribution in [0.2, 0.25) is 0 Å². The molecular weight excluding hydrogens is 689 g/mol. The maximum Gasteiger partial charge on any atom is 0.0725 e. The summed E-state index contributed by atoms with van der Waals surface area (Å²) in [6.45, 7) is 0. The van der Waals surface area contributed by atoms with Crippen LogP contribution in [0.25, 0.3) is 33.4 Å². The second-order valence-electron chi connectivity index (χ2n) is 14.9. The molecule has 2 aliphatic carbocycles. The van der Waals surface area contributed by atoms with Gasteiger partial charge in [-0.05, 0) is 128 Å². The van der Waals surface area contributed by atoms with Crippen molar-refractivity contribution in [3.63, 3.8) is 0 Å². The van der Waals surface area contributed by atoms with E-state index in [4.69, 9.17) is 0 Å². The monoisotopic (exact) mass is 726 g/mol. The van der Waals surface area contributed by atoms with Crippen molar-refractivity contribution < 1.29 is 0 Å². The van der Waals surface area contributed by atoms with Crippen molar-refractivity contribution in [2.24, 2.45) is 0 Å². The van der Waals surface area contributed by atoms with Gasteiger partial charge in [0.1, 0.15) is 0 Å². The smallest absolute Gasteiger partial charge is 0.0725 e. The van der Waals surface area contributed by atoms with E-state index >= 15 is 0 Å². The first-order valence-electron chi connectivity index (χ1n) is 19.7. The number of benzene rings is 9. The van der Waals surface area contributed by atoms with Crippen molar-refractivity contribution in [1.29, 1.82) is 0 Å². The van der Waals surface area contributed by atoms with Gasteiger partial charge in [-0.1, -0.05) is 158 Å². The fourth-order valence-electron chi connectivity index (χ4n) is 9.50. The number of nitrogens with zero attached hydrogens (tertiary/aromatic N) is 2. The van der Waals surface area contributed by atoms with Crippen molar-refractivity contribution in [2.75, 3.05) is 9.80 Å². The molecule has 0 aromatic heterocycles. The Hall–Kier alpha value is -7.42. The molecule has 2 heteroatoms. The number of para-hydroxylation sites is 4. The van der Waals surface area contributed by atoms with Gasteiger partial charge < -0.3 is 9.80 Å². The molecule has 0 saturated heterocycles.